The van der Waals surface area contributed by atoms with Gasteiger partial charge in [0.05, 0.1) is 11.3 Å². The zero-order chi connectivity index (χ0) is 8.27. The Morgan fingerprint density at radius 3 is 2.45 bits per heavy atom. The van der Waals surface area contributed by atoms with Crippen LogP contribution in [0.15, 0.2) is 24.3 Å². The van der Waals surface area contributed by atoms with Crippen LogP contribution in [-0.2, 0) is 0 Å². The second-order valence-electron chi connectivity index (χ2n) is 1.96. The molecular formula is C7H7NO3. The molecule has 0 amide bonds. The van der Waals surface area contributed by atoms with E-state index in [0.29, 0.717) is 0 Å². The molecule has 0 atom stereocenters. The molecule has 1 aromatic rings. The summed E-state index contributed by atoms with van der Waals surface area (Å²) in [6.07, 6.45) is 0. The van der Waals surface area contributed by atoms with Crippen molar-refractivity contribution in [3.63, 3.8) is 0 Å². The van der Waals surface area contributed by atoms with Crippen molar-refractivity contribution in [2.75, 3.05) is 5.48 Å². The number of hydrogen-bond acceptors (Lipinski definition) is 3. The highest BCUT2D eigenvalue weighted by atomic mass is 16.5. The van der Waals surface area contributed by atoms with Crippen molar-refractivity contribution < 1.29 is 15.1 Å². The largest absolute Gasteiger partial charge is 0.478 e. The van der Waals surface area contributed by atoms with Crippen molar-refractivity contribution in [1.29, 1.82) is 0 Å². The predicted octanol–water partition coefficient (Wildman–Crippen LogP) is 1.19. The zero-order valence-electron chi connectivity index (χ0n) is 5.61. The first-order valence-corrected chi connectivity index (χ1v) is 2.98. The Balaban J connectivity index is 3.12. The van der Waals surface area contributed by atoms with Crippen LogP contribution in [0, 0.1) is 0 Å². The number of benzene rings is 1. The lowest BCUT2D eigenvalue weighted by Gasteiger charge is -2.01. The van der Waals surface area contributed by atoms with E-state index in [9.17, 15) is 4.79 Å². The molecule has 1 aromatic carbocycles. The van der Waals surface area contributed by atoms with Crippen LogP contribution in [0.25, 0.3) is 0 Å². The summed E-state index contributed by atoms with van der Waals surface area (Å²) in [6.45, 7) is 0. The van der Waals surface area contributed by atoms with Crippen molar-refractivity contribution in [3.05, 3.63) is 29.8 Å². The van der Waals surface area contributed by atoms with Gasteiger partial charge in [-0.3, -0.25) is 10.7 Å². The molecule has 0 spiro atoms. The molecule has 0 aliphatic carbocycles. The first kappa shape index (κ1) is 7.56. The van der Waals surface area contributed by atoms with E-state index in [4.69, 9.17) is 10.3 Å². The molecule has 0 fully saturated rings. The number of anilines is 1. The van der Waals surface area contributed by atoms with Crippen LogP contribution < -0.4 is 5.48 Å². The molecule has 0 aliphatic rings. The van der Waals surface area contributed by atoms with Crippen LogP contribution in [0.1, 0.15) is 10.4 Å². The Morgan fingerprint density at radius 1 is 1.36 bits per heavy atom. The summed E-state index contributed by atoms with van der Waals surface area (Å²) in [4.78, 5) is 10.4. The summed E-state index contributed by atoms with van der Waals surface area (Å²) in [5.41, 5.74) is 2.04. The van der Waals surface area contributed by atoms with Crippen molar-refractivity contribution in [2.24, 2.45) is 0 Å². The third kappa shape index (κ3) is 1.47. The monoisotopic (exact) mass is 153 g/mol. The highest BCUT2D eigenvalue weighted by Gasteiger charge is 2.06. The summed E-state index contributed by atoms with van der Waals surface area (Å²) in [5.74, 6) is -1.07. The summed E-state index contributed by atoms with van der Waals surface area (Å²) in [6, 6.07) is 6.10. The number of rotatable bonds is 2. The molecule has 0 bridgehead atoms. The van der Waals surface area contributed by atoms with E-state index < -0.39 is 5.97 Å². The second kappa shape index (κ2) is 3.03. The van der Waals surface area contributed by atoms with E-state index in [1.165, 1.54) is 12.1 Å². The number of carbonyl (C=O) groups is 1. The van der Waals surface area contributed by atoms with Gasteiger partial charge in [-0.2, -0.15) is 0 Å². The van der Waals surface area contributed by atoms with Crippen molar-refractivity contribution in [2.45, 2.75) is 0 Å². The van der Waals surface area contributed by atoms with Crippen LogP contribution in [0.5, 0.6) is 0 Å². The second-order valence-corrected chi connectivity index (χ2v) is 1.96. The van der Waals surface area contributed by atoms with Gasteiger partial charge in [0, 0.05) is 0 Å². The van der Waals surface area contributed by atoms with Crippen molar-refractivity contribution >= 4 is 11.7 Å². The average molecular weight is 153 g/mol. The molecule has 3 N–H and O–H groups in total. The molecule has 0 aliphatic heterocycles. The highest BCUT2D eigenvalue weighted by molar-refractivity contribution is 5.93. The maximum atomic E-state index is 10.4. The Labute approximate surface area is 63.1 Å². The SMILES string of the molecule is O=C(O)c1ccccc1NO. The Kier molecular flexibility index (Phi) is 2.08. The summed E-state index contributed by atoms with van der Waals surface area (Å²) in [5, 5.41) is 17.0. The van der Waals surface area contributed by atoms with E-state index in [1.54, 1.807) is 17.6 Å². The molecule has 4 heteroatoms. The van der Waals surface area contributed by atoms with Crippen molar-refractivity contribution in [3.8, 4) is 0 Å². The average Bonchev–Trinajstić information content (AvgIpc) is 2.04. The smallest absolute Gasteiger partial charge is 0.337 e. The number of para-hydroxylation sites is 1. The third-order valence-corrected chi connectivity index (χ3v) is 1.28. The van der Waals surface area contributed by atoms with E-state index in [2.05, 4.69) is 0 Å². The fourth-order valence-electron chi connectivity index (χ4n) is 0.767. The van der Waals surface area contributed by atoms with E-state index in [0.717, 1.165) is 0 Å². The number of nitrogens with one attached hydrogen (secondary N) is 1. The number of aromatic carboxylic acids is 1. The van der Waals surface area contributed by atoms with Gasteiger partial charge in [0.1, 0.15) is 0 Å². The molecule has 58 valence electrons. The Bertz CT molecular complexity index is 272. The summed E-state index contributed by atoms with van der Waals surface area (Å²) < 4.78 is 0. The normalized spacial score (nSPS) is 9.18. The minimum absolute atomic E-state index is 0.0509. The van der Waals surface area contributed by atoms with Gasteiger partial charge in [-0.15, -0.1) is 0 Å². The van der Waals surface area contributed by atoms with Gasteiger partial charge >= 0.3 is 5.97 Å². The lowest BCUT2D eigenvalue weighted by atomic mass is 10.2. The quantitative estimate of drug-likeness (QED) is 0.558. The fraction of sp³-hybridized carbons (Fsp3) is 0. The molecule has 0 saturated carbocycles. The molecule has 1 rings (SSSR count). The van der Waals surface area contributed by atoms with Gasteiger partial charge in [-0.1, -0.05) is 12.1 Å². The molecule has 0 saturated heterocycles. The first-order valence-electron chi connectivity index (χ1n) is 2.98. The highest BCUT2D eigenvalue weighted by Crippen LogP contribution is 2.12. The van der Waals surface area contributed by atoms with Gasteiger partial charge in [0.2, 0.25) is 0 Å². The molecule has 4 nitrogen and oxygen atoms in total. The van der Waals surface area contributed by atoms with Gasteiger partial charge in [-0.05, 0) is 12.1 Å². The molecule has 0 unspecified atom stereocenters. The molecule has 0 radical (unpaired) electrons. The van der Waals surface area contributed by atoms with Crippen LogP contribution in [0.2, 0.25) is 0 Å². The van der Waals surface area contributed by atoms with Crippen LogP contribution >= 0.6 is 0 Å². The minimum Gasteiger partial charge on any atom is -0.478 e. The molecule has 11 heavy (non-hydrogen) atoms. The van der Waals surface area contributed by atoms with Crippen LogP contribution in [0.3, 0.4) is 0 Å². The van der Waals surface area contributed by atoms with E-state index >= 15 is 0 Å². The standard InChI is InChI=1S/C7H7NO3/c9-7(10)5-3-1-2-4-6(5)8-11/h1-4,8,11H,(H,9,10). The summed E-state index contributed by atoms with van der Waals surface area (Å²) >= 11 is 0. The first-order chi connectivity index (χ1) is 5.25. The van der Waals surface area contributed by atoms with Gasteiger partial charge < -0.3 is 5.11 Å². The van der Waals surface area contributed by atoms with E-state index in [-0.39, 0.29) is 11.3 Å². The van der Waals surface area contributed by atoms with Gasteiger partial charge in [-0.25, -0.2) is 4.79 Å². The lowest BCUT2D eigenvalue weighted by Crippen LogP contribution is -2.01. The maximum Gasteiger partial charge on any atom is 0.337 e. The third-order valence-electron chi connectivity index (χ3n) is 1.28. The van der Waals surface area contributed by atoms with Crippen LogP contribution in [0.4, 0.5) is 5.69 Å². The van der Waals surface area contributed by atoms with Crippen LogP contribution in [-0.4, -0.2) is 16.3 Å². The van der Waals surface area contributed by atoms with Crippen molar-refractivity contribution in [1.82, 2.24) is 0 Å². The number of carboxylic acids is 1. The lowest BCUT2D eigenvalue weighted by molar-refractivity contribution is 0.0697. The predicted molar refractivity (Wildman–Crippen MR) is 38.8 cm³/mol. The zero-order valence-corrected chi connectivity index (χ0v) is 5.61. The maximum absolute atomic E-state index is 10.4. The Morgan fingerprint density at radius 2 is 2.00 bits per heavy atom. The molecule has 0 aromatic heterocycles. The van der Waals surface area contributed by atoms with Gasteiger partial charge in [0.15, 0.2) is 0 Å². The van der Waals surface area contributed by atoms with E-state index in [1.807, 2.05) is 0 Å². The minimum atomic E-state index is -1.07. The summed E-state index contributed by atoms with van der Waals surface area (Å²) in [7, 11) is 0. The van der Waals surface area contributed by atoms with Gasteiger partial charge in [0.25, 0.3) is 0 Å². The topological polar surface area (TPSA) is 69.6 Å². The number of carboxylic acid groups (broad SMARTS) is 1. The number of hydrogen-bond donors (Lipinski definition) is 3. The molecule has 0 heterocycles. The molecular weight excluding hydrogens is 146 g/mol. The Hall–Kier alpha value is -1.55. The fourth-order valence-corrected chi connectivity index (χ4v) is 0.767.